The van der Waals surface area contributed by atoms with E-state index in [9.17, 15) is 5.11 Å². The van der Waals surface area contributed by atoms with Crippen LogP contribution in [0.4, 0.5) is 0 Å². The molecule has 2 heterocycles. The zero-order valence-electron chi connectivity index (χ0n) is 12.9. The third kappa shape index (κ3) is 3.58. The summed E-state index contributed by atoms with van der Waals surface area (Å²) in [4.78, 5) is 8.86. The van der Waals surface area contributed by atoms with Gasteiger partial charge in [0.25, 0.3) is 0 Å². The van der Waals surface area contributed by atoms with Crippen LogP contribution in [0.2, 0.25) is 0 Å². The van der Waals surface area contributed by atoms with E-state index in [1.807, 2.05) is 32.8 Å². The minimum atomic E-state index is -0.730. The third-order valence-corrected chi connectivity index (χ3v) is 4.09. The van der Waals surface area contributed by atoms with Gasteiger partial charge in [-0.05, 0) is 34.9 Å². The Morgan fingerprint density at radius 2 is 2.15 bits per heavy atom. The van der Waals surface area contributed by atoms with Crippen LogP contribution in [0.15, 0.2) is 6.20 Å². The first-order valence-electron chi connectivity index (χ1n) is 6.80. The molecule has 5 nitrogen and oxygen atoms in total. The minimum Gasteiger partial charge on any atom is -0.388 e. The van der Waals surface area contributed by atoms with Gasteiger partial charge in [-0.25, -0.2) is 4.98 Å². The van der Waals surface area contributed by atoms with Gasteiger partial charge >= 0.3 is 0 Å². The number of thiazole rings is 1. The van der Waals surface area contributed by atoms with Gasteiger partial charge in [-0.15, -0.1) is 11.3 Å². The first kappa shape index (κ1) is 15.4. The van der Waals surface area contributed by atoms with Gasteiger partial charge in [0.05, 0.1) is 17.0 Å². The Labute approximate surface area is 124 Å². The molecule has 0 amide bonds. The standard InChI is InChI=1S/C14H24N4OS/c1-10-7-18-12(11(2)16-13(18)20-10)6-15-8-14(3,19)9-17(4)5/h7,15,19H,6,8-9H2,1-5H3. The van der Waals surface area contributed by atoms with Gasteiger partial charge in [0.15, 0.2) is 4.96 Å². The number of aromatic nitrogens is 2. The van der Waals surface area contributed by atoms with Crippen LogP contribution in [0.1, 0.15) is 23.2 Å². The van der Waals surface area contributed by atoms with Gasteiger partial charge < -0.3 is 15.3 Å². The van der Waals surface area contributed by atoms with Gasteiger partial charge in [-0.3, -0.25) is 4.40 Å². The van der Waals surface area contributed by atoms with E-state index in [4.69, 9.17) is 0 Å². The fourth-order valence-corrected chi connectivity index (χ4v) is 3.40. The number of likely N-dealkylation sites (N-methyl/N-ethyl adjacent to an activating group) is 1. The van der Waals surface area contributed by atoms with Crippen molar-refractivity contribution in [1.29, 1.82) is 0 Å². The highest BCUT2D eigenvalue weighted by Gasteiger charge is 2.21. The first-order chi connectivity index (χ1) is 9.28. The fourth-order valence-electron chi connectivity index (χ4n) is 2.51. The molecule has 2 rings (SSSR count). The Balaban J connectivity index is 2.00. The Hall–Kier alpha value is -0.950. The molecule has 0 radical (unpaired) electrons. The molecule has 0 spiro atoms. The number of nitrogens with zero attached hydrogens (tertiary/aromatic N) is 3. The van der Waals surface area contributed by atoms with Gasteiger partial charge in [-0.1, -0.05) is 0 Å². The molecule has 20 heavy (non-hydrogen) atoms. The summed E-state index contributed by atoms with van der Waals surface area (Å²) >= 11 is 1.70. The molecular weight excluding hydrogens is 272 g/mol. The van der Waals surface area contributed by atoms with Crippen LogP contribution in [0.25, 0.3) is 4.96 Å². The maximum absolute atomic E-state index is 10.3. The van der Waals surface area contributed by atoms with Crippen molar-refractivity contribution in [2.75, 3.05) is 27.2 Å². The predicted octanol–water partition coefficient (Wildman–Crippen LogP) is 1.41. The van der Waals surface area contributed by atoms with Crippen molar-refractivity contribution in [3.63, 3.8) is 0 Å². The molecule has 0 saturated heterocycles. The molecule has 0 aliphatic carbocycles. The Bertz CT molecular complexity index is 585. The second kappa shape index (κ2) is 5.81. The predicted molar refractivity (Wildman–Crippen MR) is 83.4 cm³/mol. The van der Waals surface area contributed by atoms with Crippen molar-refractivity contribution in [2.24, 2.45) is 0 Å². The van der Waals surface area contributed by atoms with E-state index in [-0.39, 0.29) is 0 Å². The molecule has 2 aromatic rings. The number of hydrogen-bond acceptors (Lipinski definition) is 5. The lowest BCUT2D eigenvalue weighted by Gasteiger charge is -2.27. The summed E-state index contributed by atoms with van der Waals surface area (Å²) in [6.45, 7) is 7.89. The summed E-state index contributed by atoms with van der Waals surface area (Å²) in [7, 11) is 3.93. The molecule has 6 heteroatoms. The summed E-state index contributed by atoms with van der Waals surface area (Å²) < 4.78 is 2.14. The van der Waals surface area contributed by atoms with E-state index in [1.54, 1.807) is 11.3 Å². The number of hydrogen-bond donors (Lipinski definition) is 2. The molecule has 0 aliphatic rings. The quantitative estimate of drug-likeness (QED) is 0.846. The topological polar surface area (TPSA) is 52.8 Å². The number of fused-ring (bicyclic) bond motifs is 1. The van der Waals surface area contributed by atoms with Crippen molar-refractivity contribution in [2.45, 2.75) is 32.9 Å². The highest BCUT2D eigenvalue weighted by atomic mass is 32.1. The lowest BCUT2D eigenvalue weighted by molar-refractivity contribution is 0.0335. The van der Waals surface area contributed by atoms with Crippen LogP contribution < -0.4 is 5.32 Å². The second-order valence-electron chi connectivity index (χ2n) is 5.98. The SMILES string of the molecule is Cc1cn2c(CNCC(C)(O)CN(C)C)c(C)nc2s1. The van der Waals surface area contributed by atoms with Crippen LogP contribution in [0.3, 0.4) is 0 Å². The monoisotopic (exact) mass is 296 g/mol. The van der Waals surface area contributed by atoms with Crippen molar-refractivity contribution in [3.05, 3.63) is 22.5 Å². The number of aryl methyl sites for hydroxylation is 2. The van der Waals surface area contributed by atoms with Gasteiger partial charge in [0.2, 0.25) is 0 Å². The van der Waals surface area contributed by atoms with Crippen molar-refractivity contribution in [1.82, 2.24) is 19.6 Å². The van der Waals surface area contributed by atoms with Crippen molar-refractivity contribution < 1.29 is 5.11 Å². The van der Waals surface area contributed by atoms with E-state index >= 15 is 0 Å². The molecule has 0 aliphatic heterocycles. The lowest BCUT2D eigenvalue weighted by Crippen LogP contribution is -2.45. The van der Waals surface area contributed by atoms with Gasteiger partial charge in [0, 0.05) is 30.7 Å². The highest BCUT2D eigenvalue weighted by Crippen LogP contribution is 2.20. The molecule has 2 aromatic heterocycles. The smallest absolute Gasteiger partial charge is 0.194 e. The molecule has 112 valence electrons. The zero-order valence-corrected chi connectivity index (χ0v) is 13.7. The van der Waals surface area contributed by atoms with E-state index in [0.29, 0.717) is 19.6 Å². The molecule has 0 fully saturated rings. The molecule has 2 N–H and O–H groups in total. The first-order valence-corrected chi connectivity index (χ1v) is 7.62. The summed E-state index contributed by atoms with van der Waals surface area (Å²) in [5, 5.41) is 13.6. The molecule has 1 atom stereocenters. The Morgan fingerprint density at radius 1 is 1.45 bits per heavy atom. The number of aliphatic hydroxyl groups is 1. The number of imidazole rings is 1. The minimum absolute atomic E-state index is 0.557. The Kier molecular flexibility index (Phi) is 4.49. The molecule has 1 unspecified atom stereocenters. The van der Waals surface area contributed by atoms with Crippen molar-refractivity contribution >= 4 is 16.3 Å². The van der Waals surface area contributed by atoms with Crippen LogP contribution >= 0.6 is 11.3 Å². The third-order valence-electron chi connectivity index (χ3n) is 3.20. The van der Waals surface area contributed by atoms with Crippen LogP contribution in [-0.2, 0) is 6.54 Å². The van der Waals surface area contributed by atoms with E-state index < -0.39 is 5.60 Å². The summed E-state index contributed by atoms with van der Waals surface area (Å²) in [6.07, 6.45) is 2.12. The normalized spacial score (nSPS) is 15.2. The second-order valence-corrected chi connectivity index (χ2v) is 7.19. The fraction of sp³-hybridized carbons (Fsp3) is 0.643. The number of rotatable bonds is 6. The molecule has 0 bridgehead atoms. The molecular formula is C14H24N4OS. The molecule has 0 saturated carbocycles. The average Bonchev–Trinajstić information content (AvgIpc) is 2.74. The van der Waals surface area contributed by atoms with Crippen LogP contribution in [0.5, 0.6) is 0 Å². The van der Waals surface area contributed by atoms with Crippen LogP contribution in [-0.4, -0.2) is 52.2 Å². The molecule has 0 aromatic carbocycles. The van der Waals surface area contributed by atoms with Gasteiger partial charge in [-0.2, -0.15) is 0 Å². The van der Waals surface area contributed by atoms with Crippen LogP contribution in [0, 0.1) is 13.8 Å². The van der Waals surface area contributed by atoms with Gasteiger partial charge in [0.1, 0.15) is 0 Å². The van der Waals surface area contributed by atoms with E-state index in [2.05, 4.69) is 27.8 Å². The number of nitrogens with one attached hydrogen (secondary N) is 1. The average molecular weight is 296 g/mol. The largest absolute Gasteiger partial charge is 0.388 e. The maximum Gasteiger partial charge on any atom is 0.194 e. The lowest BCUT2D eigenvalue weighted by atomic mass is 10.1. The summed E-state index contributed by atoms with van der Waals surface area (Å²) in [5.74, 6) is 0. The van der Waals surface area contributed by atoms with E-state index in [1.165, 1.54) is 10.6 Å². The summed E-state index contributed by atoms with van der Waals surface area (Å²) in [6, 6.07) is 0. The zero-order chi connectivity index (χ0) is 14.9. The summed E-state index contributed by atoms with van der Waals surface area (Å²) in [5.41, 5.74) is 1.49. The maximum atomic E-state index is 10.3. The highest BCUT2D eigenvalue weighted by molar-refractivity contribution is 7.17. The van der Waals surface area contributed by atoms with E-state index in [0.717, 1.165) is 10.7 Å². The van der Waals surface area contributed by atoms with Crippen molar-refractivity contribution in [3.8, 4) is 0 Å². The Morgan fingerprint density at radius 3 is 2.80 bits per heavy atom.